The maximum Gasteiger partial charge on any atom is 0.239 e. The zero-order valence-electron chi connectivity index (χ0n) is 14.7. The van der Waals surface area contributed by atoms with Gasteiger partial charge in [0, 0.05) is 24.4 Å². The van der Waals surface area contributed by atoms with Crippen LogP contribution in [0.15, 0.2) is 35.7 Å². The number of likely N-dealkylation sites (tertiary alicyclic amines) is 1. The molecule has 5 heteroatoms. The molecule has 0 saturated carbocycles. The van der Waals surface area contributed by atoms with Gasteiger partial charge in [-0.2, -0.15) is 0 Å². The zero-order valence-corrected chi connectivity index (χ0v) is 15.6. The van der Waals surface area contributed by atoms with Gasteiger partial charge in [0.2, 0.25) is 5.91 Å². The molecular formula is C19H25N3OS. The molecule has 0 bridgehead atoms. The Hall–Kier alpha value is -1.72. The summed E-state index contributed by atoms with van der Waals surface area (Å²) in [7, 11) is 1.86. The second-order valence-electron chi connectivity index (χ2n) is 7.43. The lowest BCUT2D eigenvalue weighted by Gasteiger charge is -2.21. The van der Waals surface area contributed by atoms with Gasteiger partial charge in [0.25, 0.3) is 0 Å². The second-order valence-corrected chi connectivity index (χ2v) is 8.32. The van der Waals surface area contributed by atoms with Crippen LogP contribution in [0.5, 0.6) is 0 Å². The highest BCUT2D eigenvalue weighted by atomic mass is 32.1. The standard InChI is InChI=1S/C19H25N3OS/c1-19(2,3)15-12-24-17(21-15)16(13-8-6-5-7-9-13)20-14-10-11-22(4)18(14)23/h5-9,12,14,16,20H,10-11H2,1-4H3. The molecule has 4 nitrogen and oxygen atoms in total. The third-order valence-corrected chi connectivity index (χ3v) is 5.38. The summed E-state index contributed by atoms with van der Waals surface area (Å²) in [6, 6.07) is 10.1. The molecule has 0 spiro atoms. The van der Waals surface area contributed by atoms with E-state index in [0.717, 1.165) is 29.2 Å². The van der Waals surface area contributed by atoms with Crippen molar-refractivity contribution in [1.82, 2.24) is 15.2 Å². The Labute approximate surface area is 147 Å². The molecule has 1 aromatic heterocycles. The molecule has 2 atom stereocenters. The molecule has 2 unspecified atom stereocenters. The van der Waals surface area contributed by atoms with Crippen LogP contribution in [0.1, 0.15) is 49.5 Å². The maximum atomic E-state index is 12.3. The molecule has 24 heavy (non-hydrogen) atoms. The number of aromatic nitrogens is 1. The highest BCUT2D eigenvalue weighted by Crippen LogP contribution is 2.31. The van der Waals surface area contributed by atoms with Crippen molar-refractivity contribution in [1.29, 1.82) is 0 Å². The van der Waals surface area contributed by atoms with Crippen molar-refractivity contribution in [3.63, 3.8) is 0 Å². The summed E-state index contributed by atoms with van der Waals surface area (Å²) in [4.78, 5) is 19.0. The van der Waals surface area contributed by atoms with Crippen LogP contribution in [0.4, 0.5) is 0 Å². The van der Waals surface area contributed by atoms with Crippen LogP contribution in [-0.4, -0.2) is 35.4 Å². The first-order valence-electron chi connectivity index (χ1n) is 8.38. The summed E-state index contributed by atoms with van der Waals surface area (Å²) < 4.78 is 0. The number of carbonyl (C=O) groups is 1. The number of thiazole rings is 1. The Morgan fingerprint density at radius 1 is 1.29 bits per heavy atom. The fourth-order valence-corrected chi connectivity index (χ4v) is 4.03. The summed E-state index contributed by atoms with van der Waals surface area (Å²) in [5.74, 6) is 0.170. The molecule has 128 valence electrons. The minimum atomic E-state index is -0.137. The quantitative estimate of drug-likeness (QED) is 0.926. The Balaban J connectivity index is 1.91. The molecule has 1 aliphatic rings. The van der Waals surface area contributed by atoms with Crippen LogP contribution in [0.3, 0.4) is 0 Å². The number of benzene rings is 1. The van der Waals surface area contributed by atoms with E-state index in [4.69, 9.17) is 4.98 Å². The molecule has 1 saturated heterocycles. The molecule has 1 N–H and O–H groups in total. The van der Waals surface area contributed by atoms with E-state index in [1.165, 1.54) is 0 Å². The predicted molar refractivity (Wildman–Crippen MR) is 98.3 cm³/mol. The Morgan fingerprint density at radius 3 is 2.54 bits per heavy atom. The van der Waals surface area contributed by atoms with Crippen LogP contribution in [0.25, 0.3) is 0 Å². The predicted octanol–water partition coefficient (Wildman–Crippen LogP) is 3.35. The Morgan fingerprint density at radius 2 is 2.00 bits per heavy atom. The average molecular weight is 343 g/mol. The van der Waals surface area contributed by atoms with Crippen molar-refractivity contribution in [2.24, 2.45) is 0 Å². The van der Waals surface area contributed by atoms with Crippen molar-refractivity contribution in [3.8, 4) is 0 Å². The lowest BCUT2D eigenvalue weighted by molar-refractivity contribution is -0.128. The second kappa shape index (κ2) is 6.65. The number of nitrogens with one attached hydrogen (secondary N) is 1. The smallest absolute Gasteiger partial charge is 0.239 e. The lowest BCUT2D eigenvalue weighted by atomic mass is 9.93. The first-order chi connectivity index (χ1) is 11.4. The van der Waals surface area contributed by atoms with Crippen LogP contribution < -0.4 is 5.32 Å². The van der Waals surface area contributed by atoms with Crippen molar-refractivity contribution in [3.05, 3.63) is 52.0 Å². The van der Waals surface area contributed by atoms with E-state index >= 15 is 0 Å². The van der Waals surface area contributed by atoms with E-state index in [9.17, 15) is 4.79 Å². The third kappa shape index (κ3) is 3.52. The minimum absolute atomic E-state index is 0.0272. The van der Waals surface area contributed by atoms with E-state index < -0.39 is 0 Å². The van der Waals surface area contributed by atoms with E-state index in [-0.39, 0.29) is 23.4 Å². The topological polar surface area (TPSA) is 45.2 Å². The molecule has 3 rings (SSSR count). The minimum Gasteiger partial charge on any atom is -0.344 e. The largest absolute Gasteiger partial charge is 0.344 e. The molecule has 1 amide bonds. The number of amides is 1. The van der Waals surface area contributed by atoms with Crippen LogP contribution in [-0.2, 0) is 10.2 Å². The Bertz CT molecular complexity index is 705. The summed E-state index contributed by atoms with van der Waals surface area (Å²) in [6.45, 7) is 7.33. The van der Waals surface area contributed by atoms with Crippen LogP contribution >= 0.6 is 11.3 Å². The van der Waals surface area contributed by atoms with Crippen molar-refractivity contribution in [2.75, 3.05) is 13.6 Å². The number of hydrogen-bond donors (Lipinski definition) is 1. The van der Waals surface area contributed by atoms with E-state index in [1.807, 2.05) is 25.2 Å². The number of likely N-dealkylation sites (N-methyl/N-ethyl adjacent to an activating group) is 1. The number of rotatable bonds is 4. The van der Waals surface area contributed by atoms with Gasteiger partial charge in [0.15, 0.2) is 0 Å². The molecule has 0 radical (unpaired) electrons. The molecule has 2 heterocycles. The first kappa shape index (κ1) is 17.1. The fourth-order valence-electron chi connectivity index (χ4n) is 2.90. The zero-order chi connectivity index (χ0) is 17.3. The van der Waals surface area contributed by atoms with Gasteiger partial charge in [-0.3, -0.25) is 10.1 Å². The highest BCUT2D eigenvalue weighted by molar-refractivity contribution is 7.09. The van der Waals surface area contributed by atoms with Gasteiger partial charge >= 0.3 is 0 Å². The van der Waals surface area contributed by atoms with Gasteiger partial charge < -0.3 is 4.90 Å². The van der Waals surface area contributed by atoms with Gasteiger partial charge in [0.1, 0.15) is 5.01 Å². The summed E-state index contributed by atoms with van der Waals surface area (Å²) in [5, 5.41) is 6.71. The van der Waals surface area contributed by atoms with Gasteiger partial charge in [-0.15, -0.1) is 11.3 Å². The van der Waals surface area contributed by atoms with E-state index in [2.05, 4.69) is 43.6 Å². The van der Waals surface area contributed by atoms with Crippen molar-refractivity contribution < 1.29 is 4.79 Å². The van der Waals surface area contributed by atoms with E-state index in [0.29, 0.717) is 0 Å². The molecule has 1 fully saturated rings. The molecular weight excluding hydrogens is 318 g/mol. The van der Waals surface area contributed by atoms with Gasteiger partial charge in [-0.1, -0.05) is 51.1 Å². The number of hydrogen-bond acceptors (Lipinski definition) is 4. The molecule has 0 aliphatic carbocycles. The summed E-state index contributed by atoms with van der Waals surface area (Å²) in [6.07, 6.45) is 0.843. The van der Waals surface area contributed by atoms with Crippen LogP contribution in [0.2, 0.25) is 0 Å². The van der Waals surface area contributed by atoms with Crippen molar-refractivity contribution >= 4 is 17.2 Å². The van der Waals surface area contributed by atoms with Crippen LogP contribution in [0, 0.1) is 0 Å². The maximum absolute atomic E-state index is 12.3. The van der Waals surface area contributed by atoms with Crippen molar-refractivity contribution in [2.45, 2.75) is 44.7 Å². The van der Waals surface area contributed by atoms with Gasteiger partial charge in [-0.05, 0) is 12.0 Å². The molecule has 2 aromatic rings. The van der Waals surface area contributed by atoms with Gasteiger partial charge in [0.05, 0.1) is 17.8 Å². The lowest BCUT2D eigenvalue weighted by Crippen LogP contribution is -2.39. The summed E-state index contributed by atoms with van der Waals surface area (Å²) >= 11 is 1.67. The third-order valence-electron chi connectivity index (χ3n) is 4.47. The first-order valence-corrected chi connectivity index (χ1v) is 9.26. The SMILES string of the molecule is CN1CCC(NC(c2ccccc2)c2nc(C(C)(C)C)cs2)C1=O. The fraction of sp³-hybridized carbons (Fsp3) is 0.474. The monoisotopic (exact) mass is 343 g/mol. The Kier molecular flexibility index (Phi) is 4.74. The normalized spacial score (nSPS) is 19.8. The number of nitrogens with zero attached hydrogens (tertiary/aromatic N) is 2. The average Bonchev–Trinajstić information content (AvgIpc) is 3.15. The molecule has 1 aliphatic heterocycles. The number of carbonyl (C=O) groups excluding carboxylic acids is 1. The summed E-state index contributed by atoms with van der Waals surface area (Å²) in [5.41, 5.74) is 2.27. The highest BCUT2D eigenvalue weighted by Gasteiger charge is 2.32. The molecule has 1 aromatic carbocycles. The van der Waals surface area contributed by atoms with E-state index in [1.54, 1.807) is 16.2 Å². The van der Waals surface area contributed by atoms with Gasteiger partial charge in [-0.25, -0.2) is 4.98 Å².